The summed E-state index contributed by atoms with van der Waals surface area (Å²) in [6, 6.07) is 95.3. The first-order valence-electron chi connectivity index (χ1n) is 27.7. The van der Waals surface area contributed by atoms with E-state index in [0.717, 1.165) is 34.1 Å². The molecule has 0 bridgehead atoms. The second-order valence-electron chi connectivity index (χ2n) is 22.0. The summed E-state index contributed by atoms with van der Waals surface area (Å²) >= 11 is 0. The summed E-state index contributed by atoms with van der Waals surface area (Å²) in [6.45, 7) is 5.13. The average Bonchev–Trinajstić information content (AvgIpc) is 4.03. The van der Waals surface area contributed by atoms with Gasteiger partial charge in [0.05, 0.1) is 22.8 Å². The predicted octanol–water partition coefficient (Wildman–Crippen LogP) is 18.7. The highest BCUT2D eigenvalue weighted by Crippen LogP contribution is 2.52. The fraction of sp³-hybridized carbons (Fsp3) is 0.0541. The van der Waals surface area contributed by atoms with Crippen LogP contribution in [-0.2, 0) is 0 Å². The van der Waals surface area contributed by atoms with E-state index in [1.165, 1.54) is 98.2 Å². The standard InChI is InChI=1S/C74H54N4Si/c1-79(2)72-37-21-34-61-63-48-71(76(50-24-9-4-10-25-50)54-40-43-70-65(45-54)59-33-18-20-36-68(59)78(70)52-28-13-6-14-29-52)57-31-16-15-30-56(57)62(63)47-66(74(61)72)60-41-38-55(46-73(60)79)75(49-22-7-3-8-23-49)53-39-42-69-64(44-53)58-32-17-19-35-67(58)77(69)51-26-11-5-12-27-51/h3-48,58,67H,1-2H3. The molecule has 79 heavy (non-hydrogen) atoms. The Labute approximate surface area is 461 Å². The van der Waals surface area contributed by atoms with Gasteiger partial charge in [0.15, 0.2) is 0 Å². The summed E-state index contributed by atoms with van der Waals surface area (Å²) < 4.78 is 2.40. The molecular weight excluding hydrogens is 973 g/mol. The Hall–Kier alpha value is -9.68. The Kier molecular flexibility index (Phi) is 10.2. The average molecular weight is 1030 g/mol. The second kappa shape index (κ2) is 17.7. The monoisotopic (exact) mass is 1030 g/mol. The summed E-state index contributed by atoms with van der Waals surface area (Å²) in [4.78, 5) is 7.49. The lowest BCUT2D eigenvalue weighted by Crippen LogP contribution is -2.56. The van der Waals surface area contributed by atoms with Crippen LogP contribution in [0.15, 0.2) is 279 Å². The molecule has 374 valence electrons. The van der Waals surface area contributed by atoms with Crippen LogP contribution in [0.1, 0.15) is 11.5 Å². The third-order valence-electron chi connectivity index (χ3n) is 17.4. The number of nitrogens with zero attached hydrogens (tertiary/aromatic N) is 4. The first-order chi connectivity index (χ1) is 39.0. The molecular formula is C74H54N4Si. The molecule has 3 heterocycles. The van der Waals surface area contributed by atoms with E-state index in [1.54, 1.807) is 0 Å². The van der Waals surface area contributed by atoms with Crippen LogP contribution in [0.4, 0.5) is 45.5 Å². The van der Waals surface area contributed by atoms with Crippen LogP contribution in [0.2, 0.25) is 13.1 Å². The molecule has 3 aliphatic rings. The Morgan fingerprint density at radius 2 is 0.949 bits per heavy atom. The predicted molar refractivity (Wildman–Crippen MR) is 338 cm³/mol. The number of aromatic nitrogens is 1. The van der Waals surface area contributed by atoms with Crippen LogP contribution in [-0.4, -0.2) is 18.7 Å². The molecule has 2 unspecified atom stereocenters. The zero-order chi connectivity index (χ0) is 52.3. The van der Waals surface area contributed by atoms with Crippen molar-refractivity contribution >= 4 is 118 Å². The van der Waals surface area contributed by atoms with E-state index in [2.05, 4.69) is 311 Å². The van der Waals surface area contributed by atoms with Crippen LogP contribution in [0.3, 0.4) is 0 Å². The van der Waals surface area contributed by atoms with Gasteiger partial charge in [-0.2, -0.15) is 0 Å². The molecule has 0 saturated carbocycles. The van der Waals surface area contributed by atoms with Gasteiger partial charge in [0.1, 0.15) is 8.07 Å². The van der Waals surface area contributed by atoms with Crippen LogP contribution in [0.25, 0.3) is 70.9 Å². The number of benzene rings is 12. The van der Waals surface area contributed by atoms with Crippen LogP contribution in [0.5, 0.6) is 0 Å². The lowest BCUT2D eigenvalue weighted by Gasteiger charge is -2.36. The molecule has 0 saturated heterocycles. The summed E-state index contributed by atoms with van der Waals surface area (Å²) in [5.41, 5.74) is 16.9. The lowest BCUT2D eigenvalue weighted by molar-refractivity contribution is 0.745. The minimum absolute atomic E-state index is 0.222. The third-order valence-corrected chi connectivity index (χ3v) is 20.9. The lowest BCUT2D eigenvalue weighted by atomic mass is 9.89. The molecule has 2 atom stereocenters. The van der Waals surface area contributed by atoms with Gasteiger partial charge in [0, 0.05) is 67.6 Å². The van der Waals surface area contributed by atoms with Crippen molar-refractivity contribution in [3.63, 3.8) is 0 Å². The van der Waals surface area contributed by atoms with Gasteiger partial charge in [-0.1, -0.05) is 177 Å². The van der Waals surface area contributed by atoms with Crippen molar-refractivity contribution in [3.8, 4) is 16.8 Å². The van der Waals surface area contributed by atoms with Gasteiger partial charge in [-0.15, -0.1) is 0 Å². The van der Waals surface area contributed by atoms with Gasteiger partial charge in [-0.05, 0) is 169 Å². The normalized spacial score (nSPS) is 15.7. The van der Waals surface area contributed by atoms with E-state index in [9.17, 15) is 0 Å². The van der Waals surface area contributed by atoms with Gasteiger partial charge in [0.25, 0.3) is 0 Å². The quantitative estimate of drug-likeness (QED) is 0.111. The molecule has 1 aliphatic carbocycles. The van der Waals surface area contributed by atoms with Crippen molar-refractivity contribution < 1.29 is 0 Å². The van der Waals surface area contributed by atoms with Gasteiger partial charge in [0.2, 0.25) is 0 Å². The van der Waals surface area contributed by atoms with Crippen molar-refractivity contribution in [3.05, 3.63) is 285 Å². The Morgan fingerprint density at radius 1 is 0.367 bits per heavy atom. The minimum atomic E-state index is -2.34. The molecule has 5 heteroatoms. The van der Waals surface area contributed by atoms with E-state index in [0.29, 0.717) is 0 Å². The SMILES string of the molecule is C[Si]1(C)c2cc(N(c3ccccc3)c3ccc4c(c3)C3C=CC=CC3N4c3ccccc3)ccc2-c2cc3c4ccccc4c(N(c4ccccc4)c4ccc5c(c4)c4ccccc4n5-c4ccccc4)cc3c3cccc1c23. The zero-order valence-electron chi connectivity index (χ0n) is 44.0. The number of fused-ring (bicyclic) bond motifs is 12. The Balaban J connectivity index is 0.872. The van der Waals surface area contributed by atoms with E-state index in [-0.39, 0.29) is 12.0 Å². The summed E-state index contributed by atoms with van der Waals surface area (Å²) in [5.74, 6) is 0.247. The highest BCUT2D eigenvalue weighted by Gasteiger charge is 2.39. The van der Waals surface area contributed by atoms with E-state index < -0.39 is 8.07 Å². The minimum Gasteiger partial charge on any atom is -0.333 e. The molecule has 16 rings (SSSR count). The second-order valence-corrected chi connectivity index (χ2v) is 26.3. The number of rotatable bonds is 8. The molecule has 12 aromatic carbocycles. The maximum atomic E-state index is 2.56. The van der Waals surface area contributed by atoms with Crippen molar-refractivity contribution in [2.24, 2.45) is 0 Å². The van der Waals surface area contributed by atoms with Crippen LogP contribution < -0.4 is 25.1 Å². The van der Waals surface area contributed by atoms with Gasteiger partial charge < -0.3 is 19.3 Å². The number of anilines is 8. The van der Waals surface area contributed by atoms with Gasteiger partial charge in [-0.25, -0.2) is 0 Å². The number of para-hydroxylation sites is 5. The number of allylic oxidation sites excluding steroid dienone is 2. The maximum Gasteiger partial charge on any atom is 0.113 e. The van der Waals surface area contributed by atoms with Crippen LogP contribution >= 0.6 is 0 Å². The molecule has 2 aliphatic heterocycles. The first-order valence-corrected chi connectivity index (χ1v) is 30.7. The molecule has 0 radical (unpaired) electrons. The third kappa shape index (κ3) is 6.92. The fourth-order valence-corrected chi connectivity index (χ4v) is 17.0. The number of hydrogen-bond acceptors (Lipinski definition) is 3. The maximum absolute atomic E-state index is 2.56. The molecule has 13 aromatic rings. The Morgan fingerprint density at radius 3 is 1.72 bits per heavy atom. The van der Waals surface area contributed by atoms with Crippen LogP contribution in [0, 0.1) is 0 Å². The summed E-state index contributed by atoms with van der Waals surface area (Å²) in [7, 11) is -2.34. The topological polar surface area (TPSA) is 14.7 Å². The smallest absolute Gasteiger partial charge is 0.113 e. The summed E-state index contributed by atoms with van der Waals surface area (Å²) in [6.07, 6.45) is 9.16. The Bertz CT molecular complexity index is 4660. The fourth-order valence-electron chi connectivity index (χ4n) is 13.9. The highest BCUT2D eigenvalue weighted by molar-refractivity contribution is 7.03. The largest absolute Gasteiger partial charge is 0.333 e. The number of hydrogen-bond donors (Lipinski definition) is 0. The van der Waals surface area contributed by atoms with Gasteiger partial charge >= 0.3 is 0 Å². The molecule has 0 N–H and O–H groups in total. The summed E-state index contributed by atoms with van der Waals surface area (Å²) in [5, 5.41) is 13.1. The van der Waals surface area contributed by atoms with E-state index in [4.69, 9.17) is 0 Å². The van der Waals surface area contributed by atoms with Crippen molar-refractivity contribution in [2.75, 3.05) is 14.7 Å². The van der Waals surface area contributed by atoms with Gasteiger partial charge in [-0.3, -0.25) is 0 Å². The van der Waals surface area contributed by atoms with Crippen molar-refractivity contribution in [1.82, 2.24) is 4.57 Å². The van der Waals surface area contributed by atoms with Crippen molar-refractivity contribution in [2.45, 2.75) is 25.1 Å². The molecule has 0 amide bonds. The van der Waals surface area contributed by atoms with Crippen molar-refractivity contribution in [1.29, 1.82) is 0 Å². The first kappa shape index (κ1) is 45.5. The molecule has 4 nitrogen and oxygen atoms in total. The van der Waals surface area contributed by atoms with E-state index in [1.807, 2.05) is 0 Å². The molecule has 0 spiro atoms. The zero-order valence-corrected chi connectivity index (χ0v) is 45.0. The molecule has 0 fully saturated rings. The molecule has 1 aromatic heterocycles. The highest BCUT2D eigenvalue weighted by atomic mass is 28.3. The van der Waals surface area contributed by atoms with E-state index >= 15 is 0 Å².